The highest BCUT2D eigenvalue weighted by molar-refractivity contribution is 7.16. The molecule has 1 aliphatic rings. The molecule has 12 heteroatoms. The summed E-state index contributed by atoms with van der Waals surface area (Å²) in [5.41, 5.74) is 1.67. The predicted octanol–water partition coefficient (Wildman–Crippen LogP) is 0.781. The van der Waals surface area contributed by atoms with Crippen LogP contribution in [-0.2, 0) is 9.45 Å². The quantitative estimate of drug-likeness (QED) is 0.453. The minimum absolute atomic E-state index is 0.0171. The van der Waals surface area contributed by atoms with Crippen LogP contribution in [0.5, 0.6) is 10.9 Å². The molecule has 1 aromatic carbocycles. The van der Waals surface area contributed by atoms with Crippen LogP contribution in [-0.4, -0.2) is 38.3 Å². The molecular weight excluding hydrogens is 341 g/mol. The molecule has 2 aromatic rings. The number of carbonyl (C=O) groups is 1. The number of benzene rings is 1. The summed E-state index contributed by atoms with van der Waals surface area (Å²) in [6, 6.07) is 3.10. The molecule has 2 N–H and O–H groups in total. The first-order valence-corrected chi connectivity index (χ1v) is 7.52. The Labute approximate surface area is 139 Å². The zero-order chi connectivity index (χ0) is 17.4. The highest BCUT2D eigenvalue weighted by Crippen LogP contribution is 2.34. The number of nitrogens with zero attached hydrogens (tertiary/aromatic N) is 3. The smallest absolute Gasteiger partial charge is 0.481 e. The van der Waals surface area contributed by atoms with Gasteiger partial charge >= 0.3 is 23.4 Å². The number of carboxylic acid groups (broad SMARTS) is 1. The van der Waals surface area contributed by atoms with Crippen molar-refractivity contribution in [3.63, 3.8) is 0 Å². The van der Waals surface area contributed by atoms with E-state index < -0.39 is 29.2 Å². The molecule has 10 nitrogen and oxygen atoms in total. The molecule has 0 amide bonds. The maximum absolute atomic E-state index is 10.9. The first-order chi connectivity index (χ1) is 11.3. The average molecular weight is 351 g/mol. The molecular formula is C12H10BN3O7S. The van der Waals surface area contributed by atoms with Crippen LogP contribution < -0.4 is 10.2 Å². The number of aliphatic carboxylic acids is 1. The molecule has 0 radical (unpaired) electrons. The zero-order valence-corrected chi connectivity index (χ0v) is 13.0. The Balaban J connectivity index is 1.89. The largest absolute Gasteiger partial charge is 0.492 e. The van der Waals surface area contributed by atoms with Crippen LogP contribution >= 0.6 is 11.3 Å². The maximum Gasteiger partial charge on any atom is 0.492 e. The van der Waals surface area contributed by atoms with Crippen LogP contribution in [0, 0.1) is 17.0 Å². The lowest BCUT2D eigenvalue weighted by molar-refractivity contribution is -0.385. The Morgan fingerprint density at radius 3 is 2.92 bits per heavy atom. The molecule has 0 fully saturated rings. The summed E-state index contributed by atoms with van der Waals surface area (Å²) in [6.45, 7) is 1.73. The third-order valence-electron chi connectivity index (χ3n) is 3.39. The molecule has 0 spiro atoms. The van der Waals surface area contributed by atoms with E-state index in [1.165, 1.54) is 6.07 Å². The van der Waals surface area contributed by atoms with Crippen molar-refractivity contribution in [1.82, 2.24) is 10.2 Å². The fourth-order valence-electron chi connectivity index (χ4n) is 2.52. The van der Waals surface area contributed by atoms with Gasteiger partial charge in [-0.15, -0.1) is 0 Å². The summed E-state index contributed by atoms with van der Waals surface area (Å²) in [7, 11) is -1.27. The molecule has 0 aliphatic carbocycles. The summed E-state index contributed by atoms with van der Waals surface area (Å²) in [5, 5.41) is 36.0. The van der Waals surface area contributed by atoms with E-state index in [4.69, 9.17) is 14.5 Å². The monoisotopic (exact) mass is 351 g/mol. The van der Waals surface area contributed by atoms with Crippen molar-refractivity contribution in [3.05, 3.63) is 33.4 Å². The Kier molecular flexibility index (Phi) is 4.17. The van der Waals surface area contributed by atoms with Crippen LogP contribution in [0.4, 0.5) is 5.13 Å². The first-order valence-electron chi connectivity index (χ1n) is 6.70. The molecule has 1 aromatic heterocycles. The minimum Gasteiger partial charge on any atom is -0.481 e. The maximum atomic E-state index is 10.9. The molecule has 24 heavy (non-hydrogen) atoms. The van der Waals surface area contributed by atoms with E-state index in [-0.39, 0.29) is 17.4 Å². The Bertz CT molecular complexity index is 827. The summed E-state index contributed by atoms with van der Waals surface area (Å²) in [6.07, 6.45) is -1.02. The number of hydrogen-bond donors (Lipinski definition) is 2. The summed E-state index contributed by atoms with van der Waals surface area (Å²) < 4.78 is 10.7. The van der Waals surface area contributed by atoms with Gasteiger partial charge in [-0.2, -0.15) is 0 Å². The lowest BCUT2D eigenvalue weighted by Crippen LogP contribution is -2.28. The van der Waals surface area contributed by atoms with E-state index in [0.717, 1.165) is 0 Å². The van der Waals surface area contributed by atoms with Gasteiger partial charge in [0, 0.05) is 16.4 Å². The van der Waals surface area contributed by atoms with Crippen LogP contribution in [0.2, 0.25) is 0 Å². The van der Waals surface area contributed by atoms with Crippen molar-refractivity contribution in [2.45, 2.75) is 19.4 Å². The normalized spacial score (nSPS) is 16.1. The van der Waals surface area contributed by atoms with Gasteiger partial charge in [0.15, 0.2) is 0 Å². The summed E-state index contributed by atoms with van der Waals surface area (Å²) >= 11 is 0.670. The van der Waals surface area contributed by atoms with Gasteiger partial charge in [0.25, 0.3) is 0 Å². The van der Waals surface area contributed by atoms with Crippen molar-refractivity contribution in [1.29, 1.82) is 0 Å². The van der Waals surface area contributed by atoms with Crippen molar-refractivity contribution in [2.75, 3.05) is 0 Å². The number of aromatic nitrogens is 2. The number of ether oxygens (including phenoxy) is 1. The SMILES string of the molecule is Cc1cc(Oc2nnc([N+](=O)[O-])s2)cc2c1C(CC(=O)O)OB2O. The Morgan fingerprint density at radius 1 is 1.54 bits per heavy atom. The van der Waals surface area contributed by atoms with E-state index in [1.54, 1.807) is 13.0 Å². The summed E-state index contributed by atoms with van der Waals surface area (Å²) in [5.74, 6) is -0.753. The molecule has 2 heterocycles. The Morgan fingerprint density at radius 2 is 2.29 bits per heavy atom. The third kappa shape index (κ3) is 3.06. The average Bonchev–Trinajstić information content (AvgIpc) is 3.05. The van der Waals surface area contributed by atoms with Gasteiger partial charge < -0.3 is 29.6 Å². The molecule has 0 bridgehead atoms. The number of rotatable bonds is 5. The number of nitro groups is 1. The van der Waals surface area contributed by atoms with Crippen LogP contribution in [0.25, 0.3) is 0 Å². The van der Waals surface area contributed by atoms with E-state index >= 15 is 0 Å². The highest BCUT2D eigenvalue weighted by atomic mass is 32.1. The zero-order valence-electron chi connectivity index (χ0n) is 12.2. The fraction of sp³-hybridized carbons (Fsp3) is 0.250. The molecule has 1 aliphatic heterocycles. The number of fused-ring (bicyclic) bond motifs is 1. The first kappa shape index (κ1) is 16.3. The van der Waals surface area contributed by atoms with E-state index in [1.807, 2.05) is 0 Å². The minimum atomic E-state index is -1.27. The van der Waals surface area contributed by atoms with Gasteiger partial charge in [-0.3, -0.25) is 4.79 Å². The van der Waals surface area contributed by atoms with Crippen molar-refractivity contribution < 1.29 is 29.2 Å². The standard InChI is InChI=1S/C12H10BN3O7S/c1-5-2-6(22-12-15-14-11(24-12)16(20)21)3-7-10(5)8(4-9(17)18)23-13(7)19/h2-3,8,19H,4H2,1H3,(H,17,18). The Hall–Kier alpha value is -2.57. The number of aryl methyl sites for hydroxylation is 1. The van der Waals surface area contributed by atoms with Crippen LogP contribution in [0.3, 0.4) is 0 Å². The van der Waals surface area contributed by atoms with Gasteiger partial charge in [-0.1, -0.05) is 0 Å². The molecule has 3 rings (SSSR count). The van der Waals surface area contributed by atoms with Crippen molar-refractivity contribution in [3.8, 4) is 10.9 Å². The van der Waals surface area contributed by atoms with Crippen LogP contribution in [0.1, 0.15) is 23.7 Å². The van der Waals surface area contributed by atoms with Gasteiger partial charge in [-0.25, -0.2) is 0 Å². The van der Waals surface area contributed by atoms with Gasteiger partial charge in [0.05, 0.1) is 12.5 Å². The number of hydrogen-bond acceptors (Lipinski definition) is 9. The van der Waals surface area contributed by atoms with Crippen molar-refractivity contribution >= 4 is 35.0 Å². The van der Waals surface area contributed by atoms with E-state index in [9.17, 15) is 19.9 Å². The topological polar surface area (TPSA) is 145 Å². The highest BCUT2D eigenvalue weighted by Gasteiger charge is 2.38. The van der Waals surface area contributed by atoms with Crippen LogP contribution in [0.15, 0.2) is 12.1 Å². The fourth-order valence-corrected chi connectivity index (χ4v) is 3.05. The molecule has 1 unspecified atom stereocenters. The third-order valence-corrected chi connectivity index (χ3v) is 4.14. The van der Waals surface area contributed by atoms with Crippen molar-refractivity contribution in [2.24, 2.45) is 0 Å². The second kappa shape index (κ2) is 6.15. The van der Waals surface area contributed by atoms with E-state index in [2.05, 4.69) is 10.2 Å². The van der Waals surface area contributed by atoms with E-state index in [0.29, 0.717) is 27.9 Å². The molecule has 0 saturated heterocycles. The van der Waals surface area contributed by atoms with Gasteiger partial charge in [0.1, 0.15) is 10.8 Å². The molecule has 1 atom stereocenters. The van der Waals surface area contributed by atoms with Gasteiger partial charge in [-0.05, 0) is 40.6 Å². The lowest BCUT2D eigenvalue weighted by Gasteiger charge is -2.12. The lowest BCUT2D eigenvalue weighted by atomic mass is 9.77. The second-order valence-electron chi connectivity index (χ2n) is 5.03. The molecule has 124 valence electrons. The predicted molar refractivity (Wildman–Crippen MR) is 81.5 cm³/mol. The summed E-state index contributed by atoms with van der Waals surface area (Å²) in [4.78, 5) is 20.8. The van der Waals surface area contributed by atoms with Gasteiger partial charge in [0.2, 0.25) is 0 Å². The number of carboxylic acids is 1. The second-order valence-corrected chi connectivity index (χ2v) is 5.95. The molecule has 0 saturated carbocycles.